The zero-order chi connectivity index (χ0) is 13.4. The third kappa shape index (κ3) is 2.54. The molecule has 108 valence electrons. The zero-order valence-electron chi connectivity index (χ0n) is 12.2. The number of likely N-dealkylation sites (tertiary alicyclic amines) is 1. The first-order valence-electron chi connectivity index (χ1n) is 8.21. The first-order valence-corrected chi connectivity index (χ1v) is 8.21. The van der Waals surface area contributed by atoms with Crippen molar-refractivity contribution >= 4 is 5.91 Å². The fourth-order valence-electron chi connectivity index (χ4n) is 4.95. The smallest absolute Gasteiger partial charge is 0.219 e. The molecular weight excluding hydrogens is 236 g/mol. The lowest BCUT2D eigenvalue weighted by molar-refractivity contribution is -0.137. The van der Waals surface area contributed by atoms with Crippen LogP contribution in [0.3, 0.4) is 0 Å². The molecule has 1 heterocycles. The molecule has 2 saturated carbocycles. The first-order chi connectivity index (χ1) is 9.16. The maximum absolute atomic E-state index is 12.3. The molecule has 3 rings (SSSR count). The van der Waals surface area contributed by atoms with Crippen LogP contribution in [0.5, 0.6) is 0 Å². The van der Waals surface area contributed by atoms with Crippen LogP contribution < -0.4 is 5.73 Å². The predicted molar refractivity (Wildman–Crippen MR) is 76.6 cm³/mol. The summed E-state index contributed by atoms with van der Waals surface area (Å²) in [5.41, 5.74) is 6.19. The highest BCUT2D eigenvalue weighted by Gasteiger charge is 2.43. The van der Waals surface area contributed by atoms with Gasteiger partial charge >= 0.3 is 0 Å². The van der Waals surface area contributed by atoms with Crippen molar-refractivity contribution in [1.29, 1.82) is 0 Å². The summed E-state index contributed by atoms with van der Waals surface area (Å²) < 4.78 is 0. The summed E-state index contributed by atoms with van der Waals surface area (Å²) in [6.45, 7) is 1.77. The van der Waals surface area contributed by atoms with Gasteiger partial charge in [-0.25, -0.2) is 0 Å². The van der Waals surface area contributed by atoms with Gasteiger partial charge in [0.2, 0.25) is 5.91 Å². The molecule has 2 aliphatic carbocycles. The molecule has 0 bridgehead atoms. The monoisotopic (exact) mass is 264 g/mol. The number of fused-ring (bicyclic) bond motifs is 2. The maximum atomic E-state index is 12.3. The third-order valence-electron chi connectivity index (χ3n) is 5.85. The lowest BCUT2D eigenvalue weighted by Crippen LogP contribution is -2.54. The fraction of sp³-hybridized carbons (Fsp3) is 0.938. The van der Waals surface area contributed by atoms with Crippen molar-refractivity contribution < 1.29 is 4.79 Å². The van der Waals surface area contributed by atoms with Crippen molar-refractivity contribution in [2.45, 2.75) is 82.8 Å². The van der Waals surface area contributed by atoms with Crippen LogP contribution in [-0.2, 0) is 4.79 Å². The number of nitrogens with zero attached hydrogens (tertiary/aromatic N) is 1. The summed E-state index contributed by atoms with van der Waals surface area (Å²) in [5, 5.41) is 0. The van der Waals surface area contributed by atoms with Crippen molar-refractivity contribution in [3.8, 4) is 0 Å². The second-order valence-electron chi connectivity index (χ2n) is 7.02. The summed E-state index contributed by atoms with van der Waals surface area (Å²) in [5.74, 6) is 1.77. The Morgan fingerprint density at radius 3 is 2.32 bits per heavy atom. The average Bonchev–Trinajstić information content (AvgIpc) is 2.54. The maximum Gasteiger partial charge on any atom is 0.219 e. The standard InChI is InChI=1S/C16H28N2O/c1-11(19)18-15-5-3-2-4-12(15)6-7-13-8-9-14(17)10-16(13)18/h12-16H,2-10,17H2,1H3. The average molecular weight is 264 g/mol. The van der Waals surface area contributed by atoms with Gasteiger partial charge in [0, 0.05) is 25.0 Å². The van der Waals surface area contributed by atoms with Crippen LogP contribution in [0.1, 0.15) is 64.7 Å². The highest BCUT2D eigenvalue weighted by Crippen LogP contribution is 2.42. The van der Waals surface area contributed by atoms with Gasteiger partial charge in [0.15, 0.2) is 0 Å². The van der Waals surface area contributed by atoms with E-state index in [4.69, 9.17) is 5.73 Å². The SMILES string of the molecule is CC(=O)N1C2CCCCC2CCC2CCC(N)CC21. The highest BCUT2D eigenvalue weighted by atomic mass is 16.2. The lowest BCUT2D eigenvalue weighted by atomic mass is 9.79. The number of rotatable bonds is 0. The zero-order valence-corrected chi connectivity index (χ0v) is 12.2. The summed E-state index contributed by atoms with van der Waals surface area (Å²) in [6, 6.07) is 1.27. The Labute approximate surface area is 116 Å². The largest absolute Gasteiger partial charge is 0.336 e. The molecule has 0 aromatic carbocycles. The van der Waals surface area contributed by atoms with Gasteiger partial charge in [0.1, 0.15) is 0 Å². The van der Waals surface area contributed by atoms with Gasteiger partial charge < -0.3 is 10.6 Å². The number of hydrogen-bond donors (Lipinski definition) is 1. The molecule has 3 heteroatoms. The van der Waals surface area contributed by atoms with E-state index in [0.29, 0.717) is 30.0 Å². The molecule has 1 saturated heterocycles. The Morgan fingerprint density at radius 1 is 0.947 bits per heavy atom. The number of carbonyl (C=O) groups is 1. The molecule has 1 amide bonds. The highest BCUT2D eigenvalue weighted by molar-refractivity contribution is 5.74. The molecular formula is C16H28N2O. The van der Waals surface area contributed by atoms with Crippen LogP contribution >= 0.6 is 0 Å². The second-order valence-corrected chi connectivity index (χ2v) is 7.02. The Kier molecular flexibility index (Phi) is 3.84. The molecule has 3 fully saturated rings. The summed E-state index contributed by atoms with van der Waals surface area (Å²) in [4.78, 5) is 14.5. The van der Waals surface area contributed by atoms with Crippen molar-refractivity contribution in [2.24, 2.45) is 17.6 Å². The van der Waals surface area contributed by atoms with E-state index in [0.717, 1.165) is 18.8 Å². The minimum absolute atomic E-state index is 0.294. The molecule has 0 spiro atoms. The van der Waals surface area contributed by atoms with Crippen molar-refractivity contribution in [1.82, 2.24) is 4.90 Å². The van der Waals surface area contributed by atoms with Crippen LogP contribution in [0.4, 0.5) is 0 Å². The van der Waals surface area contributed by atoms with Gasteiger partial charge in [-0.2, -0.15) is 0 Å². The summed E-state index contributed by atoms with van der Waals surface area (Å²) in [6.07, 6.45) is 11.3. The molecule has 5 atom stereocenters. The second kappa shape index (κ2) is 5.43. The number of nitrogens with two attached hydrogens (primary N) is 1. The molecule has 0 aromatic rings. The number of hydrogen-bond acceptors (Lipinski definition) is 2. The van der Waals surface area contributed by atoms with Gasteiger partial charge in [-0.1, -0.05) is 12.8 Å². The lowest BCUT2D eigenvalue weighted by Gasteiger charge is -2.45. The first kappa shape index (κ1) is 13.4. The van der Waals surface area contributed by atoms with Crippen LogP contribution in [0.2, 0.25) is 0 Å². The topological polar surface area (TPSA) is 46.3 Å². The van der Waals surface area contributed by atoms with Gasteiger partial charge in [-0.3, -0.25) is 4.79 Å². The Balaban J connectivity index is 1.88. The normalized spacial score (nSPS) is 43.1. The summed E-state index contributed by atoms with van der Waals surface area (Å²) in [7, 11) is 0. The molecule has 3 nitrogen and oxygen atoms in total. The van der Waals surface area contributed by atoms with Crippen LogP contribution in [0.25, 0.3) is 0 Å². The molecule has 3 aliphatic rings. The quantitative estimate of drug-likeness (QED) is 0.731. The van der Waals surface area contributed by atoms with Crippen molar-refractivity contribution in [3.05, 3.63) is 0 Å². The minimum atomic E-state index is 0.294. The molecule has 2 N–H and O–H groups in total. The Bertz CT molecular complexity index is 344. The Hall–Kier alpha value is -0.570. The number of amides is 1. The van der Waals surface area contributed by atoms with Gasteiger partial charge in [0.25, 0.3) is 0 Å². The van der Waals surface area contributed by atoms with E-state index in [2.05, 4.69) is 4.90 Å². The molecule has 1 aliphatic heterocycles. The molecule has 0 radical (unpaired) electrons. The summed E-state index contributed by atoms with van der Waals surface area (Å²) >= 11 is 0. The third-order valence-corrected chi connectivity index (χ3v) is 5.85. The van der Waals surface area contributed by atoms with Crippen LogP contribution in [0.15, 0.2) is 0 Å². The van der Waals surface area contributed by atoms with E-state index in [1.807, 2.05) is 0 Å². The van der Waals surface area contributed by atoms with E-state index in [1.165, 1.54) is 44.9 Å². The minimum Gasteiger partial charge on any atom is -0.336 e. The molecule has 5 unspecified atom stereocenters. The van der Waals surface area contributed by atoms with Gasteiger partial charge in [0.05, 0.1) is 0 Å². The number of carbonyl (C=O) groups excluding carboxylic acids is 1. The van der Waals surface area contributed by atoms with Gasteiger partial charge in [-0.15, -0.1) is 0 Å². The molecule has 0 aromatic heterocycles. The van der Waals surface area contributed by atoms with E-state index < -0.39 is 0 Å². The van der Waals surface area contributed by atoms with Crippen molar-refractivity contribution in [2.75, 3.05) is 0 Å². The van der Waals surface area contributed by atoms with Crippen LogP contribution in [0, 0.1) is 11.8 Å². The van der Waals surface area contributed by atoms with Crippen molar-refractivity contribution in [3.63, 3.8) is 0 Å². The van der Waals surface area contributed by atoms with E-state index in [1.54, 1.807) is 6.92 Å². The van der Waals surface area contributed by atoms with E-state index in [9.17, 15) is 4.79 Å². The van der Waals surface area contributed by atoms with E-state index in [-0.39, 0.29) is 0 Å². The molecule has 19 heavy (non-hydrogen) atoms. The van der Waals surface area contributed by atoms with E-state index >= 15 is 0 Å². The fourth-order valence-corrected chi connectivity index (χ4v) is 4.95. The Morgan fingerprint density at radius 2 is 1.58 bits per heavy atom. The predicted octanol–water partition coefficient (Wildman–Crippen LogP) is 2.68. The van der Waals surface area contributed by atoms with Crippen LogP contribution in [-0.4, -0.2) is 28.9 Å². The van der Waals surface area contributed by atoms with Gasteiger partial charge in [-0.05, 0) is 56.8 Å².